The maximum Gasteiger partial charge on any atom is 0.315 e. The maximum atomic E-state index is 12.0. The van der Waals surface area contributed by atoms with Crippen LogP contribution in [-0.2, 0) is 13.0 Å². The third kappa shape index (κ3) is 3.94. The first-order valence-corrected chi connectivity index (χ1v) is 7.62. The van der Waals surface area contributed by atoms with Crippen LogP contribution in [0, 0.1) is 0 Å². The molecule has 0 fully saturated rings. The van der Waals surface area contributed by atoms with Crippen molar-refractivity contribution >= 4 is 6.03 Å². The van der Waals surface area contributed by atoms with Crippen molar-refractivity contribution in [3.63, 3.8) is 0 Å². The number of amides is 2. The summed E-state index contributed by atoms with van der Waals surface area (Å²) in [6.07, 6.45) is 0.727. The van der Waals surface area contributed by atoms with Gasteiger partial charge in [-0.05, 0) is 35.7 Å². The highest BCUT2D eigenvalue weighted by Gasteiger charge is 2.21. The molecule has 0 aliphatic carbocycles. The Morgan fingerprint density at radius 1 is 1.26 bits per heavy atom. The van der Waals surface area contributed by atoms with Gasteiger partial charge in [-0.1, -0.05) is 30.3 Å². The van der Waals surface area contributed by atoms with Crippen LogP contribution < -0.4 is 20.1 Å². The fraction of sp³-hybridized carbons (Fsp3) is 0.278. The molecule has 0 saturated heterocycles. The zero-order valence-corrected chi connectivity index (χ0v) is 13.0. The molecule has 120 valence electrons. The van der Waals surface area contributed by atoms with Crippen LogP contribution in [0.4, 0.5) is 4.79 Å². The smallest absolute Gasteiger partial charge is 0.315 e. The molecule has 0 aromatic heterocycles. The Labute approximate surface area is 135 Å². The molecule has 2 amide bonds. The van der Waals surface area contributed by atoms with Crippen molar-refractivity contribution in [2.45, 2.75) is 19.0 Å². The Morgan fingerprint density at radius 2 is 2.09 bits per heavy atom. The zero-order chi connectivity index (χ0) is 16.1. The van der Waals surface area contributed by atoms with Gasteiger partial charge >= 0.3 is 6.03 Å². The van der Waals surface area contributed by atoms with Crippen molar-refractivity contribution in [2.75, 3.05) is 13.7 Å². The van der Waals surface area contributed by atoms with Crippen LogP contribution in [0.1, 0.15) is 11.1 Å². The second-order valence-corrected chi connectivity index (χ2v) is 5.50. The normalized spacial score (nSPS) is 16.0. The summed E-state index contributed by atoms with van der Waals surface area (Å²) in [6, 6.07) is 15.3. The minimum Gasteiger partial charge on any atom is -0.497 e. The van der Waals surface area contributed by atoms with E-state index in [1.165, 1.54) is 0 Å². The molecule has 0 unspecified atom stereocenters. The van der Waals surface area contributed by atoms with E-state index in [4.69, 9.17) is 9.47 Å². The fourth-order valence-electron chi connectivity index (χ4n) is 2.61. The van der Waals surface area contributed by atoms with Crippen LogP contribution in [0.25, 0.3) is 0 Å². The maximum absolute atomic E-state index is 12.0. The molecule has 0 saturated carbocycles. The number of urea groups is 1. The van der Waals surface area contributed by atoms with E-state index < -0.39 is 0 Å². The topological polar surface area (TPSA) is 59.6 Å². The summed E-state index contributed by atoms with van der Waals surface area (Å²) in [5.74, 6) is 1.65. The fourth-order valence-corrected chi connectivity index (χ4v) is 2.61. The molecular weight excluding hydrogens is 292 g/mol. The molecule has 1 aliphatic heterocycles. The zero-order valence-electron chi connectivity index (χ0n) is 13.0. The number of nitrogens with one attached hydrogen (secondary N) is 2. The number of ether oxygens (including phenoxy) is 2. The van der Waals surface area contributed by atoms with Crippen molar-refractivity contribution < 1.29 is 14.3 Å². The van der Waals surface area contributed by atoms with Gasteiger partial charge in [-0.3, -0.25) is 0 Å². The lowest BCUT2D eigenvalue weighted by Crippen LogP contribution is -2.47. The Morgan fingerprint density at radius 3 is 2.87 bits per heavy atom. The molecule has 1 atom stereocenters. The number of hydrogen-bond donors (Lipinski definition) is 2. The third-order valence-corrected chi connectivity index (χ3v) is 3.81. The second kappa shape index (κ2) is 7.05. The van der Waals surface area contributed by atoms with Crippen molar-refractivity contribution in [3.05, 3.63) is 59.7 Å². The molecule has 23 heavy (non-hydrogen) atoms. The van der Waals surface area contributed by atoms with Gasteiger partial charge in [-0.25, -0.2) is 4.79 Å². The van der Waals surface area contributed by atoms with Crippen molar-refractivity contribution in [1.29, 1.82) is 0 Å². The molecule has 1 aliphatic rings. The standard InChI is InChI=1S/C18H20N2O3/c1-22-16-7-8-17-14(10-16)9-15(12-23-17)20-18(21)19-11-13-5-3-2-4-6-13/h2-8,10,15H,9,11-12H2,1H3,(H2,19,20,21)/t15-/m1/s1. The van der Waals surface area contributed by atoms with Crippen molar-refractivity contribution in [3.8, 4) is 11.5 Å². The van der Waals surface area contributed by atoms with E-state index in [1.807, 2.05) is 48.5 Å². The molecule has 0 spiro atoms. The van der Waals surface area contributed by atoms with Crippen LogP contribution in [0.5, 0.6) is 11.5 Å². The first-order chi connectivity index (χ1) is 11.2. The molecule has 1 heterocycles. The van der Waals surface area contributed by atoms with Crippen LogP contribution in [0.15, 0.2) is 48.5 Å². The van der Waals surface area contributed by atoms with Crippen LogP contribution in [0.2, 0.25) is 0 Å². The summed E-state index contributed by atoms with van der Waals surface area (Å²) < 4.78 is 10.9. The van der Waals surface area contributed by atoms with E-state index in [-0.39, 0.29) is 12.1 Å². The van der Waals surface area contributed by atoms with Gasteiger partial charge in [-0.15, -0.1) is 0 Å². The molecule has 5 heteroatoms. The van der Waals surface area contributed by atoms with E-state index in [2.05, 4.69) is 10.6 Å². The molecular formula is C18H20N2O3. The van der Waals surface area contributed by atoms with Gasteiger partial charge in [0.15, 0.2) is 0 Å². The van der Waals surface area contributed by atoms with Crippen LogP contribution >= 0.6 is 0 Å². The number of hydrogen-bond acceptors (Lipinski definition) is 3. The number of methoxy groups -OCH3 is 1. The lowest BCUT2D eigenvalue weighted by Gasteiger charge is -2.26. The summed E-state index contributed by atoms with van der Waals surface area (Å²) in [5, 5.41) is 5.81. The van der Waals surface area contributed by atoms with Crippen LogP contribution in [0.3, 0.4) is 0 Å². The van der Waals surface area contributed by atoms with Gasteiger partial charge in [0.25, 0.3) is 0 Å². The number of fused-ring (bicyclic) bond motifs is 1. The number of benzene rings is 2. The quantitative estimate of drug-likeness (QED) is 0.912. The SMILES string of the molecule is COc1ccc2c(c1)C[C@@H](NC(=O)NCc1ccccc1)CO2. The highest BCUT2D eigenvalue weighted by Crippen LogP contribution is 2.28. The van der Waals surface area contributed by atoms with Crippen molar-refractivity contribution in [1.82, 2.24) is 10.6 Å². The van der Waals surface area contributed by atoms with Gasteiger partial charge in [0.1, 0.15) is 18.1 Å². The van der Waals surface area contributed by atoms with E-state index >= 15 is 0 Å². The minimum atomic E-state index is -0.186. The number of rotatable bonds is 4. The molecule has 2 aromatic rings. The predicted molar refractivity (Wildman–Crippen MR) is 87.8 cm³/mol. The average molecular weight is 312 g/mol. The second-order valence-electron chi connectivity index (χ2n) is 5.50. The van der Waals surface area contributed by atoms with E-state index in [0.717, 1.165) is 29.0 Å². The largest absolute Gasteiger partial charge is 0.497 e. The third-order valence-electron chi connectivity index (χ3n) is 3.81. The highest BCUT2D eigenvalue weighted by atomic mass is 16.5. The summed E-state index contributed by atoms with van der Waals surface area (Å²) in [5.41, 5.74) is 2.11. The van der Waals surface area contributed by atoms with E-state index in [0.29, 0.717) is 13.2 Å². The van der Waals surface area contributed by atoms with E-state index in [9.17, 15) is 4.79 Å². The molecule has 3 rings (SSSR count). The molecule has 2 aromatic carbocycles. The van der Waals surface area contributed by atoms with Crippen LogP contribution in [-0.4, -0.2) is 25.8 Å². The van der Waals surface area contributed by atoms with Gasteiger partial charge in [-0.2, -0.15) is 0 Å². The average Bonchev–Trinajstić information content (AvgIpc) is 2.60. The summed E-state index contributed by atoms with van der Waals surface area (Å²) in [4.78, 5) is 12.0. The van der Waals surface area contributed by atoms with Gasteiger partial charge < -0.3 is 20.1 Å². The summed E-state index contributed by atoms with van der Waals surface area (Å²) >= 11 is 0. The molecule has 5 nitrogen and oxygen atoms in total. The summed E-state index contributed by atoms with van der Waals surface area (Å²) in [7, 11) is 1.64. The molecule has 0 bridgehead atoms. The number of carbonyl (C=O) groups is 1. The lowest BCUT2D eigenvalue weighted by molar-refractivity contribution is 0.214. The summed E-state index contributed by atoms with van der Waals surface area (Å²) in [6.45, 7) is 0.975. The van der Waals surface area contributed by atoms with Gasteiger partial charge in [0.2, 0.25) is 0 Å². The number of carbonyl (C=O) groups excluding carboxylic acids is 1. The molecule has 2 N–H and O–H groups in total. The Hall–Kier alpha value is -2.69. The Balaban J connectivity index is 1.53. The molecule has 0 radical (unpaired) electrons. The van der Waals surface area contributed by atoms with Gasteiger partial charge in [0.05, 0.1) is 13.2 Å². The monoisotopic (exact) mass is 312 g/mol. The first-order valence-electron chi connectivity index (χ1n) is 7.62. The van der Waals surface area contributed by atoms with E-state index in [1.54, 1.807) is 7.11 Å². The predicted octanol–water partition coefficient (Wildman–Crippen LogP) is 2.50. The Kier molecular flexibility index (Phi) is 4.66. The minimum absolute atomic E-state index is 0.0506. The lowest BCUT2D eigenvalue weighted by atomic mass is 10.0. The highest BCUT2D eigenvalue weighted by molar-refractivity contribution is 5.74. The Bertz CT molecular complexity index is 673. The van der Waals surface area contributed by atoms with Gasteiger partial charge in [0, 0.05) is 6.54 Å². The first kappa shape index (κ1) is 15.2. The van der Waals surface area contributed by atoms with Crippen molar-refractivity contribution in [2.24, 2.45) is 0 Å².